The van der Waals surface area contributed by atoms with Crippen molar-refractivity contribution < 1.29 is 0 Å². The first-order chi connectivity index (χ1) is 9.93. The van der Waals surface area contributed by atoms with Crippen LogP contribution in [0.1, 0.15) is 51.4 Å². The molecule has 0 unspecified atom stereocenters. The van der Waals surface area contributed by atoms with E-state index >= 15 is 0 Å². The molecular formula is C19H24Se. The van der Waals surface area contributed by atoms with Crippen molar-refractivity contribution in [1.29, 1.82) is 0 Å². The predicted octanol–water partition coefficient (Wildman–Crippen LogP) is 4.50. The maximum atomic E-state index is 2.34. The van der Waals surface area contributed by atoms with Gasteiger partial charge in [0, 0.05) is 0 Å². The van der Waals surface area contributed by atoms with Crippen molar-refractivity contribution in [2.24, 2.45) is 11.8 Å². The van der Waals surface area contributed by atoms with Crippen LogP contribution in [0.3, 0.4) is 0 Å². The molecule has 1 aromatic rings. The van der Waals surface area contributed by atoms with Crippen LogP contribution in [0.4, 0.5) is 0 Å². The molecule has 106 valence electrons. The monoisotopic (exact) mass is 332 g/mol. The van der Waals surface area contributed by atoms with Gasteiger partial charge in [0.2, 0.25) is 0 Å². The van der Waals surface area contributed by atoms with Gasteiger partial charge in [-0.2, -0.15) is 0 Å². The molecule has 3 aliphatic rings. The summed E-state index contributed by atoms with van der Waals surface area (Å²) in [6.45, 7) is 0. The first-order valence-corrected chi connectivity index (χ1v) is 10.2. The molecule has 3 fully saturated rings. The van der Waals surface area contributed by atoms with Crippen LogP contribution in [0.15, 0.2) is 41.5 Å². The van der Waals surface area contributed by atoms with Gasteiger partial charge in [-0.3, -0.25) is 0 Å². The SMILES string of the molecule is c1ccc([Se][C@@H]2CCCCC2=C2[C@H]3CCCC[C@@H]23)cc1. The van der Waals surface area contributed by atoms with Gasteiger partial charge in [-0.05, 0) is 0 Å². The number of hydrogen-bond acceptors (Lipinski definition) is 0. The van der Waals surface area contributed by atoms with Crippen molar-refractivity contribution in [3.05, 3.63) is 41.5 Å². The zero-order chi connectivity index (χ0) is 13.4. The molecular weight excluding hydrogens is 307 g/mol. The number of hydrogen-bond donors (Lipinski definition) is 0. The van der Waals surface area contributed by atoms with E-state index in [9.17, 15) is 0 Å². The molecule has 20 heavy (non-hydrogen) atoms. The van der Waals surface area contributed by atoms with Crippen molar-refractivity contribution >= 4 is 19.4 Å². The second-order valence-corrected chi connectivity index (χ2v) is 9.32. The minimum atomic E-state index is 0.662. The average Bonchev–Trinajstić information content (AvgIpc) is 3.23. The Kier molecular flexibility index (Phi) is 3.75. The molecule has 4 rings (SSSR count). The van der Waals surface area contributed by atoms with E-state index in [1.807, 2.05) is 11.1 Å². The third-order valence-electron chi connectivity index (χ3n) is 5.40. The van der Waals surface area contributed by atoms with E-state index in [4.69, 9.17) is 0 Å². The minimum absolute atomic E-state index is 0.662. The van der Waals surface area contributed by atoms with Gasteiger partial charge < -0.3 is 0 Å². The molecule has 3 saturated carbocycles. The Morgan fingerprint density at radius 1 is 0.800 bits per heavy atom. The van der Waals surface area contributed by atoms with Gasteiger partial charge in [-0.15, -0.1) is 0 Å². The standard InChI is InChI=1S/C19H24Se/c1-2-8-14(9-3-1)20-18-13-7-6-12-17(18)19-15-10-4-5-11-16(15)19/h1-3,8-9,15-16,18H,4-7,10-13H2/t15-,16+,18-/m1/s1. The van der Waals surface area contributed by atoms with Crippen LogP contribution in [0.2, 0.25) is 4.82 Å². The summed E-state index contributed by atoms with van der Waals surface area (Å²) in [6, 6.07) is 11.3. The summed E-state index contributed by atoms with van der Waals surface area (Å²) in [7, 11) is 0. The van der Waals surface area contributed by atoms with E-state index in [1.165, 1.54) is 51.4 Å². The fraction of sp³-hybridized carbons (Fsp3) is 0.579. The summed E-state index contributed by atoms with van der Waals surface area (Å²) in [5, 5.41) is 0. The fourth-order valence-electron chi connectivity index (χ4n) is 4.40. The van der Waals surface area contributed by atoms with Crippen LogP contribution in [0.5, 0.6) is 0 Å². The van der Waals surface area contributed by atoms with Crippen LogP contribution in [0.25, 0.3) is 0 Å². The first kappa shape index (κ1) is 13.2. The number of fused-ring (bicyclic) bond motifs is 1. The van der Waals surface area contributed by atoms with E-state index < -0.39 is 0 Å². The molecule has 0 heterocycles. The summed E-state index contributed by atoms with van der Waals surface area (Å²) >= 11 is 0.662. The quantitative estimate of drug-likeness (QED) is 0.553. The molecule has 3 atom stereocenters. The maximum absolute atomic E-state index is 2.34. The molecule has 0 N–H and O–H groups in total. The summed E-state index contributed by atoms with van der Waals surface area (Å²) in [5.74, 6) is 2.07. The molecule has 0 nitrogen and oxygen atoms in total. The summed E-state index contributed by atoms with van der Waals surface area (Å²) < 4.78 is 1.61. The van der Waals surface area contributed by atoms with Crippen molar-refractivity contribution in [3.8, 4) is 0 Å². The second-order valence-electron chi connectivity index (χ2n) is 6.64. The van der Waals surface area contributed by atoms with Crippen molar-refractivity contribution in [3.63, 3.8) is 0 Å². The Hall–Kier alpha value is -0.521. The predicted molar refractivity (Wildman–Crippen MR) is 86.5 cm³/mol. The molecule has 0 amide bonds. The van der Waals surface area contributed by atoms with Gasteiger partial charge in [0.25, 0.3) is 0 Å². The van der Waals surface area contributed by atoms with Gasteiger partial charge in [0.15, 0.2) is 0 Å². The van der Waals surface area contributed by atoms with Crippen LogP contribution < -0.4 is 4.46 Å². The number of rotatable bonds is 2. The summed E-state index contributed by atoms with van der Waals surface area (Å²) in [5.41, 5.74) is 3.90. The number of benzene rings is 1. The van der Waals surface area contributed by atoms with Gasteiger partial charge in [-0.25, -0.2) is 0 Å². The van der Waals surface area contributed by atoms with Gasteiger partial charge in [0.1, 0.15) is 0 Å². The summed E-state index contributed by atoms with van der Waals surface area (Å²) in [6.07, 6.45) is 11.8. The van der Waals surface area contributed by atoms with Gasteiger partial charge in [-0.1, -0.05) is 0 Å². The van der Waals surface area contributed by atoms with Gasteiger partial charge >= 0.3 is 129 Å². The first-order valence-electron chi connectivity index (χ1n) is 8.38. The molecule has 0 spiro atoms. The van der Waals surface area contributed by atoms with Crippen LogP contribution in [-0.2, 0) is 0 Å². The van der Waals surface area contributed by atoms with Crippen LogP contribution >= 0.6 is 0 Å². The Labute approximate surface area is 129 Å². The number of allylic oxidation sites excluding steroid dienone is 2. The molecule has 3 aliphatic carbocycles. The van der Waals surface area contributed by atoms with E-state index in [0.29, 0.717) is 15.0 Å². The van der Waals surface area contributed by atoms with Crippen LogP contribution in [-0.4, -0.2) is 15.0 Å². The molecule has 0 aromatic heterocycles. The van der Waals surface area contributed by atoms with Crippen molar-refractivity contribution in [2.75, 3.05) is 0 Å². The molecule has 1 aromatic carbocycles. The molecule has 0 saturated heterocycles. The third kappa shape index (κ3) is 2.51. The summed E-state index contributed by atoms with van der Waals surface area (Å²) in [4.78, 5) is 0.930. The topological polar surface area (TPSA) is 0 Å². The average molecular weight is 331 g/mol. The normalized spacial score (nSPS) is 36.5. The molecule has 0 aliphatic heterocycles. The Morgan fingerprint density at radius 2 is 1.50 bits per heavy atom. The second kappa shape index (κ2) is 5.70. The van der Waals surface area contributed by atoms with E-state index in [0.717, 1.165) is 16.7 Å². The third-order valence-corrected chi connectivity index (χ3v) is 8.23. The van der Waals surface area contributed by atoms with E-state index in [2.05, 4.69) is 30.3 Å². The Balaban J connectivity index is 1.56. The van der Waals surface area contributed by atoms with Gasteiger partial charge in [0.05, 0.1) is 0 Å². The zero-order valence-corrected chi connectivity index (χ0v) is 13.9. The Bertz CT molecular complexity index is 488. The van der Waals surface area contributed by atoms with Crippen molar-refractivity contribution in [1.82, 2.24) is 0 Å². The molecule has 0 radical (unpaired) electrons. The van der Waals surface area contributed by atoms with E-state index in [-0.39, 0.29) is 0 Å². The molecule has 0 bridgehead atoms. The van der Waals surface area contributed by atoms with E-state index in [1.54, 1.807) is 4.46 Å². The molecule has 1 heteroatoms. The Morgan fingerprint density at radius 3 is 2.25 bits per heavy atom. The zero-order valence-electron chi connectivity index (χ0n) is 12.2. The fourth-order valence-corrected chi connectivity index (χ4v) is 7.18. The van der Waals surface area contributed by atoms with Crippen LogP contribution in [0, 0.1) is 11.8 Å². The van der Waals surface area contributed by atoms with Crippen molar-refractivity contribution in [2.45, 2.75) is 56.2 Å².